The van der Waals surface area contributed by atoms with Crippen molar-refractivity contribution in [2.24, 2.45) is 5.73 Å². The van der Waals surface area contributed by atoms with Crippen molar-refractivity contribution in [1.29, 1.82) is 0 Å². The number of para-hydroxylation sites is 1. The maximum Gasteiger partial charge on any atom is 0.123 e. The lowest BCUT2D eigenvalue weighted by molar-refractivity contribution is 0.0943. The minimum atomic E-state index is 0.500. The van der Waals surface area contributed by atoms with E-state index in [1.165, 1.54) is 0 Å². The van der Waals surface area contributed by atoms with E-state index in [0.717, 1.165) is 30.9 Å². The third-order valence-electron chi connectivity index (χ3n) is 2.57. The quantitative estimate of drug-likeness (QED) is 0.677. The van der Waals surface area contributed by atoms with Gasteiger partial charge in [-0.25, -0.2) is 0 Å². The van der Waals surface area contributed by atoms with Crippen molar-refractivity contribution in [3.05, 3.63) is 29.8 Å². The summed E-state index contributed by atoms with van der Waals surface area (Å²) in [6, 6.07) is 7.83. The molecule has 0 aliphatic heterocycles. The molecule has 102 valence electrons. The summed E-state index contributed by atoms with van der Waals surface area (Å²) in [6.45, 7) is 3.52. The molecule has 0 aliphatic rings. The molecule has 0 aliphatic carbocycles. The van der Waals surface area contributed by atoms with Gasteiger partial charge in [0.1, 0.15) is 12.4 Å². The highest BCUT2D eigenvalue weighted by molar-refractivity contribution is 5.32. The Morgan fingerprint density at radius 3 is 2.61 bits per heavy atom. The molecule has 18 heavy (non-hydrogen) atoms. The molecular formula is C14H24N2O2. The molecule has 0 amide bonds. The van der Waals surface area contributed by atoms with E-state index in [2.05, 4.69) is 19.0 Å². The Balaban J connectivity index is 2.10. The summed E-state index contributed by atoms with van der Waals surface area (Å²) in [6.07, 6.45) is 1.05. The number of ether oxygens (including phenoxy) is 2. The average Bonchev–Trinajstić information content (AvgIpc) is 2.37. The topological polar surface area (TPSA) is 47.7 Å². The number of hydrogen-bond acceptors (Lipinski definition) is 4. The lowest BCUT2D eigenvalue weighted by Gasteiger charge is -2.11. The first-order valence-corrected chi connectivity index (χ1v) is 6.37. The Morgan fingerprint density at radius 2 is 1.89 bits per heavy atom. The zero-order chi connectivity index (χ0) is 13.2. The monoisotopic (exact) mass is 252 g/mol. The van der Waals surface area contributed by atoms with Crippen LogP contribution in [0.1, 0.15) is 12.0 Å². The fourth-order valence-electron chi connectivity index (χ4n) is 1.61. The van der Waals surface area contributed by atoms with Crippen molar-refractivity contribution in [3.63, 3.8) is 0 Å². The summed E-state index contributed by atoms with van der Waals surface area (Å²) in [5.74, 6) is 0.858. The van der Waals surface area contributed by atoms with Crippen LogP contribution in [-0.2, 0) is 11.3 Å². The Hall–Kier alpha value is -1.10. The van der Waals surface area contributed by atoms with E-state index in [1.807, 2.05) is 24.3 Å². The Labute approximate surface area is 110 Å². The van der Waals surface area contributed by atoms with Crippen LogP contribution in [-0.4, -0.2) is 45.4 Å². The number of nitrogens with zero attached hydrogens (tertiary/aromatic N) is 1. The number of benzene rings is 1. The molecule has 2 N–H and O–H groups in total. The molecule has 4 nitrogen and oxygen atoms in total. The van der Waals surface area contributed by atoms with Crippen LogP contribution in [0.4, 0.5) is 0 Å². The summed E-state index contributed by atoms with van der Waals surface area (Å²) < 4.78 is 11.1. The van der Waals surface area contributed by atoms with Crippen LogP contribution in [0.15, 0.2) is 24.3 Å². The first-order valence-electron chi connectivity index (χ1n) is 6.37. The fraction of sp³-hybridized carbons (Fsp3) is 0.571. The summed E-state index contributed by atoms with van der Waals surface area (Å²) >= 11 is 0. The van der Waals surface area contributed by atoms with Crippen molar-refractivity contribution in [3.8, 4) is 5.75 Å². The molecule has 0 saturated carbocycles. The van der Waals surface area contributed by atoms with Crippen LogP contribution in [0.3, 0.4) is 0 Å². The van der Waals surface area contributed by atoms with Gasteiger partial charge < -0.3 is 20.1 Å². The second-order valence-electron chi connectivity index (χ2n) is 4.43. The van der Waals surface area contributed by atoms with Crippen LogP contribution in [0.25, 0.3) is 0 Å². The number of rotatable bonds is 9. The van der Waals surface area contributed by atoms with Crippen LogP contribution in [0, 0.1) is 0 Å². The van der Waals surface area contributed by atoms with E-state index in [1.54, 1.807) is 0 Å². The highest BCUT2D eigenvalue weighted by Gasteiger charge is 2.00. The smallest absolute Gasteiger partial charge is 0.123 e. The van der Waals surface area contributed by atoms with Gasteiger partial charge in [0.15, 0.2) is 0 Å². The first kappa shape index (κ1) is 15.0. The van der Waals surface area contributed by atoms with Crippen LogP contribution in [0.2, 0.25) is 0 Å². The van der Waals surface area contributed by atoms with E-state index in [9.17, 15) is 0 Å². The molecule has 0 aromatic heterocycles. The van der Waals surface area contributed by atoms with E-state index in [4.69, 9.17) is 15.2 Å². The fourth-order valence-corrected chi connectivity index (χ4v) is 1.61. The molecule has 0 unspecified atom stereocenters. The van der Waals surface area contributed by atoms with Crippen molar-refractivity contribution in [2.45, 2.75) is 13.0 Å². The zero-order valence-electron chi connectivity index (χ0n) is 11.4. The molecule has 4 heteroatoms. The maximum absolute atomic E-state index is 5.64. The van der Waals surface area contributed by atoms with Crippen molar-refractivity contribution in [2.75, 3.05) is 40.5 Å². The minimum absolute atomic E-state index is 0.500. The van der Waals surface area contributed by atoms with Gasteiger partial charge in [-0.1, -0.05) is 18.2 Å². The lowest BCUT2D eigenvalue weighted by Crippen LogP contribution is -2.16. The van der Waals surface area contributed by atoms with Gasteiger partial charge in [-0.3, -0.25) is 0 Å². The van der Waals surface area contributed by atoms with Gasteiger partial charge >= 0.3 is 0 Å². The summed E-state index contributed by atoms with van der Waals surface area (Å²) in [5, 5.41) is 0. The van der Waals surface area contributed by atoms with Crippen LogP contribution < -0.4 is 10.5 Å². The van der Waals surface area contributed by atoms with Gasteiger partial charge in [0, 0.05) is 18.7 Å². The summed E-state index contributed by atoms with van der Waals surface area (Å²) in [7, 11) is 4.12. The van der Waals surface area contributed by atoms with Gasteiger partial charge in [-0.15, -0.1) is 0 Å². The standard InChI is InChI=1S/C14H24N2O2/c1-16(2)8-5-9-17-10-11-18-14-7-4-3-6-13(14)12-15/h3-4,6-7H,5,8-12,15H2,1-2H3. The molecule has 0 heterocycles. The van der Waals surface area contributed by atoms with Crippen LogP contribution >= 0.6 is 0 Å². The van der Waals surface area contributed by atoms with Gasteiger partial charge in [0.05, 0.1) is 6.61 Å². The molecule has 0 bridgehead atoms. The Kier molecular flexibility index (Phi) is 7.41. The van der Waals surface area contributed by atoms with Gasteiger partial charge in [-0.2, -0.15) is 0 Å². The average molecular weight is 252 g/mol. The highest BCUT2D eigenvalue weighted by atomic mass is 16.5. The predicted molar refractivity (Wildman–Crippen MR) is 73.8 cm³/mol. The summed E-state index contributed by atoms with van der Waals surface area (Å²) in [4.78, 5) is 2.15. The second kappa shape index (κ2) is 8.91. The predicted octanol–water partition coefficient (Wildman–Crippen LogP) is 1.49. The summed E-state index contributed by atoms with van der Waals surface area (Å²) in [5.41, 5.74) is 6.67. The Bertz CT molecular complexity index is 329. The number of hydrogen-bond donors (Lipinski definition) is 1. The molecule has 1 rings (SSSR count). The first-order chi connectivity index (χ1) is 8.74. The van der Waals surface area contributed by atoms with E-state index < -0.39 is 0 Å². The van der Waals surface area contributed by atoms with Crippen molar-refractivity contribution < 1.29 is 9.47 Å². The Morgan fingerprint density at radius 1 is 1.11 bits per heavy atom. The minimum Gasteiger partial charge on any atom is -0.491 e. The molecule has 1 aromatic rings. The molecule has 0 spiro atoms. The van der Waals surface area contributed by atoms with Gasteiger partial charge in [0.2, 0.25) is 0 Å². The number of nitrogens with two attached hydrogens (primary N) is 1. The van der Waals surface area contributed by atoms with Crippen molar-refractivity contribution in [1.82, 2.24) is 4.90 Å². The third kappa shape index (κ3) is 6.00. The lowest BCUT2D eigenvalue weighted by atomic mass is 10.2. The largest absolute Gasteiger partial charge is 0.491 e. The molecule has 0 atom stereocenters. The van der Waals surface area contributed by atoms with Gasteiger partial charge in [-0.05, 0) is 33.1 Å². The zero-order valence-corrected chi connectivity index (χ0v) is 11.4. The van der Waals surface area contributed by atoms with Gasteiger partial charge in [0.25, 0.3) is 0 Å². The van der Waals surface area contributed by atoms with Crippen LogP contribution in [0.5, 0.6) is 5.75 Å². The SMILES string of the molecule is CN(C)CCCOCCOc1ccccc1CN. The maximum atomic E-state index is 5.64. The molecule has 0 saturated heterocycles. The molecule has 0 fully saturated rings. The van der Waals surface area contributed by atoms with E-state index >= 15 is 0 Å². The third-order valence-corrected chi connectivity index (χ3v) is 2.57. The highest BCUT2D eigenvalue weighted by Crippen LogP contribution is 2.16. The van der Waals surface area contributed by atoms with E-state index in [-0.39, 0.29) is 0 Å². The molecule has 0 radical (unpaired) electrons. The molecular weight excluding hydrogens is 228 g/mol. The molecule has 1 aromatic carbocycles. The van der Waals surface area contributed by atoms with E-state index in [0.29, 0.717) is 19.8 Å². The van der Waals surface area contributed by atoms with Crippen molar-refractivity contribution >= 4 is 0 Å². The second-order valence-corrected chi connectivity index (χ2v) is 4.43. The normalized spacial score (nSPS) is 10.9.